The first kappa shape index (κ1) is 20.8. The molecule has 0 saturated carbocycles. The lowest BCUT2D eigenvalue weighted by molar-refractivity contribution is -0.123. The van der Waals surface area contributed by atoms with E-state index < -0.39 is 24.5 Å². The van der Waals surface area contributed by atoms with Crippen LogP contribution in [0, 0.1) is 0 Å². The zero-order chi connectivity index (χ0) is 20.5. The van der Waals surface area contributed by atoms with Gasteiger partial charge in [0.25, 0.3) is 5.91 Å². The van der Waals surface area contributed by atoms with Crippen molar-refractivity contribution in [1.82, 2.24) is 10.6 Å². The molecule has 7 nitrogen and oxygen atoms in total. The molecule has 2 aromatic carbocycles. The molecular formula is C21H22N2O5. The molecule has 7 heteroatoms. The maximum absolute atomic E-state index is 12.3. The monoisotopic (exact) mass is 382 g/mol. The highest BCUT2D eigenvalue weighted by Gasteiger charge is 2.14. The van der Waals surface area contributed by atoms with Crippen molar-refractivity contribution < 1.29 is 23.9 Å². The summed E-state index contributed by atoms with van der Waals surface area (Å²) in [6, 6.07) is 14.0. The average Bonchev–Trinajstić information content (AvgIpc) is 2.72. The van der Waals surface area contributed by atoms with Gasteiger partial charge in [-0.05, 0) is 25.5 Å². The van der Waals surface area contributed by atoms with Gasteiger partial charge in [-0.15, -0.1) is 0 Å². The molecule has 1 atom stereocenters. The van der Waals surface area contributed by atoms with Crippen molar-refractivity contribution in [1.29, 1.82) is 0 Å². The molecule has 0 aliphatic heterocycles. The fourth-order valence-corrected chi connectivity index (χ4v) is 2.25. The van der Waals surface area contributed by atoms with Crippen LogP contribution in [0.5, 0.6) is 0 Å². The van der Waals surface area contributed by atoms with Gasteiger partial charge in [-0.3, -0.25) is 14.9 Å². The molecule has 0 fully saturated rings. The predicted octanol–water partition coefficient (Wildman–Crippen LogP) is 2.70. The van der Waals surface area contributed by atoms with E-state index in [0.717, 1.165) is 6.42 Å². The van der Waals surface area contributed by atoms with Gasteiger partial charge < -0.3 is 10.1 Å². The summed E-state index contributed by atoms with van der Waals surface area (Å²) in [5.41, 5.74) is 1.17. The molecule has 28 heavy (non-hydrogen) atoms. The number of carbonyl (C=O) groups is 4. The molecule has 3 amide bonds. The van der Waals surface area contributed by atoms with Gasteiger partial charge in [0.2, 0.25) is 0 Å². The number of carbonyl (C=O) groups excluding carboxylic acids is 4. The number of amides is 3. The number of esters is 1. The number of imide groups is 1. The molecule has 0 aliphatic rings. The second kappa shape index (κ2) is 10.0. The number of ether oxygens (including phenoxy) is 1. The quantitative estimate of drug-likeness (QED) is 0.566. The lowest BCUT2D eigenvalue weighted by Gasteiger charge is -2.11. The third kappa shape index (κ3) is 6.05. The molecule has 0 aromatic heterocycles. The highest BCUT2D eigenvalue weighted by Crippen LogP contribution is 2.11. The van der Waals surface area contributed by atoms with E-state index in [1.165, 1.54) is 24.3 Å². The Morgan fingerprint density at radius 2 is 1.46 bits per heavy atom. The summed E-state index contributed by atoms with van der Waals surface area (Å²) >= 11 is 0. The van der Waals surface area contributed by atoms with Gasteiger partial charge in [0.05, 0.1) is 5.56 Å². The Balaban J connectivity index is 1.87. The van der Waals surface area contributed by atoms with Crippen LogP contribution in [0.1, 0.15) is 46.5 Å². The van der Waals surface area contributed by atoms with Crippen molar-refractivity contribution >= 4 is 23.7 Å². The lowest BCUT2D eigenvalue weighted by atomic mass is 10.0. The Kier molecular flexibility index (Phi) is 7.45. The second-order valence-corrected chi connectivity index (χ2v) is 6.18. The molecule has 0 saturated heterocycles. The van der Waals surface area contributed by atoms with Crippen LogP contribution in [0.25, 0.3) is 0 Å². The summed E-state index contributed by atoms with van der Waals surface area (Å²) in [7, 11) is 0. The minimum Gasteiger partial charge on any atom is -0.452 e. The topological polar surface area (TPSA) is 102 Å². The summed E-state index contributed by atoms with van der Waals surface area (Å²) in [6.07, 6.45) is 0.722. The number of nitrogens with one attached hydrogen (secondary N) is 2. The molecular weight excluding hydrogens is 360 g/mol. The predicted molar refractivity (Wildman–Crippen MR) is 103 cm³/mol. The number of hydrogen-bond donors (Lipinski definition) is 2. The van der Waals surface area contributed by atoms with Crippen molar-refractivity contribution in [2.75, 3.05) is 6.61 Å². The summed E-state index contributed by atoms with van der Waals surface area (Å²) in [4.78, 5) is 47.6. The largest absolute Gasteiger partial charge is 0.452 e. The smallest absolute Gasteiger partial charge is 0.338 e. The highest BCUT2D eigenvalue weighted by atomic mass is 16.5. The summed E-state index contributed by atoms with van der Waals surface area (Å²) in [5, 5.41) is 4.65. The van der Waals surface area contributed by atoms with Crippen LogP contribution in [0.15, 0.2) is 54.6 Å². The zero-order valence-electron chi connectivity index (χ0n) is 15.7. The van der Waals surface area contributed by atoms with Crippen LogP contribution in [-0.2, 0) is 9.53 Å². The van der Waals surface area contributed by atoms with E-state index >= 15 is 0 Å². The maximum Gasteiger partial charge on any atom is 0.338 e. The van der Waals surface area contributed by atoms with Crippen molar-refractivity contribution in [2.45, 2.75) is 26.3 Å². The van der Waals surface area contributed by atoms with Crippen molar-refractivity contribution in [3.63, 3.8) is 0 Å². The van der Waals surface area contributed by atoms with Gasteiger partial charge in [-0.1, -0.05) is 49.4 Å². The normalized spacial score (nSPS) is 11.2. The molecule has 0 bridgehead atoms. The fourth-order valence-electron chi connectivity index (χ4n) is 2.25. The van der Waals surface area contributed by atoms with Crippen LogP contribution >= 0.6 is 0 Å². The Morgan fingerprint density at radius 1 is 0.893 bits per heavy atom. The van der Waals surface area contributed by atoms with Gasteiger partial charge >= 0.3 is 12.0 Å². The van der Waals surface area contributed by atoms with Gasteiger partial charge in [0.1, 0.15) is 0 Å². The van der Waals surface area contributed by atoms with Crippen LogP contribution in [-0.4, -0.2) is 36.3 Å². The molecule has 2 N–H and O–H groups in total. The maximum atomic E-state index is 12.3. The number of benzene rings is 2. The van der Waals surface area contributed by atoms with Crippen molar-refractivity contribution in [2.24, 2.45) is 0 Å². The average molecular weight is 382 g/mol. The van der Waals surface area contributed by atoms with Crippen LogP contribution in [0.3, 0.4) is 0 Å². The Morgan fingerprint density at radius 3 is 2.07 bits per heavy atom. The summed E-state index contributed by atoms with van der Waals surface area (Å²) in [5.74, 6) is -1.62. The molecule has 0 radical (unpaired) electrons. The number of ketones is 1. The molecule has 2 aromatic rings. The van der Waals surface area contributed by atoms with E-state index in [9.17, 15) is 19.2 Å². The fraction of sp³-hybridized carbons (Fsp3) is 0.238. The van der Waals surface area contributed by atoms with E-state index in [1.807, 2.05) is 13.0 Å². The molecule has 0 aliphatic carbocycles. The van der Waals surface area contributed by atoms with Crippen LogP contribution < -0.4 is 10.6 Å². The van der Waals surface area contributed by atoms with E-state index in [1.54, 1.807) is 31.2 Å². The second-order valence-electron chi connectivity index (χ2n) is 6.18. The SMILES string of the molecule is CC[C@@H](C)NC(=O)NC(=O)COC(=O)c1ccc(C(=O)c2ccccc2)cc1. The number of urea groups is 1. The summed E-state index contributed by atoms with van der Waals surface area (Å²) in [6.45, 7) is 3.11. The first-order chi connectivity index (χ1) is 13.4. The minimum absolute atomic E-state index is 0.0764. The first-order valence-corrected chi connectivity index (χ1v) is 8.88. The van der Waals surface area contributed by atoms with E-state index in [4.69, 9.17) is 4.74 Å². The van der Waals surface area contributed by atoms with E-state index in [-0.39, 0.29) is 17.4 Å². The minimum atomic E-state index is -0.731. The Labute approximate surface area is 163 Å². The third-order valence-corrected chi connectivity index (χ3v) is 4.00. The van der Waals surface area contributed by atoms with Crippen molar-refractivity contribution in [3.05, 3.63) is 71.3 Å². The van der Waals surface area contributed by atoms with E-state index in [0.29, 0.717) is 11.1 Å². The van der Waals surface area contributed by atoms with Gasteiger partial charge in [0.15, 0.2) is 12.4 Å². The Bertz CT molecular complexity index is 847. The molecule has 2 rings (SSSR count). The van der Waals surface area contributed by atoms with Gasteiger partial charge in [0, 0.05) is 17.2 Å². The first-order valence-electron chi connectivity index (χ1n) is 8.88. The van der Waals surface area contributed by atoms with Crippen LogP contribution in [0.4, 0.5) is 4.79 Å². The molecule has 0 unspecified atom stereocenters. The van der Waals surface area contributed by atoms with Crippen LogP contribution in [0.2, 0.25) is 0 Å². The van der Waals surface area contributed by atoms with Gasteiger partial charge in [-0.25, -0.2) is 9.59 Å². The molecule has 0 spiro atoms. The molecule has 146 valence electrons. The number of rotatable bonds is 7. The Hall–Kier alpha value is -3.48. The third-order valence-electron chi connectivity index (χ3n) is 4.00. The zero-order valence-corrected chi connectivity index (χ0v) is 15.7. The highest BCUT2D eigenvalue weighted by molar-refractivity contribution is 6.09. The lowest BCUT2D eigenvalue weighted by Crippen LogP contribution is -2.44. The summed E-state index contributed by atoms with van der Waals surface area (Å²) < 4.78 is 4.89. The van der Waals surface area contributed by atoms with E-state index in [2.05, 4.69) is 10.6 Å². The van der Waals surface area contributed by atoms with Gasteiger partial charge in [-0.2, -0.15) is 0 Å². The molecule has 0 heterocycles. The number of hydrogen-bond acceptors (Lipinski definition) is 5. The van der Waals surface area contributed by atoms with Crippen molar-refractivity contribution in [3.8, 4) is 0 Å². The standard InChI is InChI=1S/C21H22N2O5/c1-3-14(2)22-21(27)23-18(24)13-28-20(26)17-11-9-16(10-12-17)19(25)15-7-5-4-6-8-15/h4-12,14H,3,13H2,1-2H3,(H2,22,23,24,27)/t14-/m1/s1.